The molecule has 1 fully saturated rings. The average molecular weight is 492 g/mol. The number of methoxy groups -OCH3 is 1. The molecule has 0 N–H and O–H groups in total. The van der Waals surface area contributed by atoms with Gasteiger partial charge in [0.25, 0.3) is 10.0 Å². The van der Waals surface area contributed by atoms with Crippen LogP contribution >= 0.6 is 0 Å². The number of pyridine rings is 1. The smallest absolute Gasteiger partial charge is 0.268 e. The van der Waals surface area contributed by atoms with Crippen LogP contribution in [0.25, 0.3) is 10.9 Å². The first kappa shape index (κ1) is 23.7. The monoisotopic (exact) mass is 491 g/mol. The van der Waals surface area contributed by atoms with E-state index in [1.807, 2.05) is 6.92 Å². The number of sulfone groups is 1. The number of aromatic nitrogens is 2. The first-order valence-electron chi connectivity index (χ1n) is 10.8. The fourth-order valence-electron chi connectivity index (χ4n) is 4.49. The largest absolute Gasteiger partial charge is 0.479 e. The molecule has 178 valence electrons. The Morgan fingerprint density at radius 3 is 2.45 bits per heavy atom. The van der Waals surface area contributed by atoms with E-state index in [0.29, 0.717) is 23.5 Å². The third-order valence-corrected chi connectivity index (χ3v) is 8.97. The summed E-state index contributed by atoms with van der Waals surface area (Å²) in [4.78, 5) is 6.45. The topological polar surface area (TPSA) is 98.6 Å². The number of hydrogen-bond donors (Lipinski definition) is 0. The second kappa shape index (κ2) is 8.73. The highest BCUT2D eigenvalue weighted by atomic mass is 32.2. The zero-order valence-electron chi connectivity index (χ0n) is 19.3. The number of hydrogen-bond acceptors (Lipinski definition) is 7. The Bertz CT molecular complexity index is 1390. The Labute approximate surface area is 195 Å². The van der Waals surface area contributed by atoms with Crippen molar-refractivity contribution in [2.75, 3.05) is 26.5 Å². The summed E-state index contributed by atoms with van der Waals surface area (Å²) in [5.41, 5.74) is 1.56. The van der Waals surface area contributed by atoms with E-state index in [-0.39, 0.29) is 21.2 Å². The lowest BCUT2D eigenvalue weighted by atomic mass is 10.0. The van der Waals surface area contributed by atoms with Crippen molar-refractivity contribution in [1.82, 2.24) is 13.9 Å². The van der Waals surface area contributed by atoms with E-state index in [4.69, 9.17) is 4.74 Å². The number of piperidine rings is 1. The molecule has 33 heavy (non-hydrogen) atoms. The van der Waals surface area contributed by atoms with Crippen LogP contribution in [0.5, 0.6) is 5.88 Å². The summed E-state index contributed by atoms with van der Waals surface area (Å²) < 4.78 is 59.4. The Morgan fingerprint density at radius 1 is 1.15 bits per heavy atom. The van der Waals surface area contributed by atoms with Gasteiger partial charge in [-0.25, -0.2) is 25.8 Å². The van der Waals surface area contributed by atoms with Crippen LogP contribution in [-0.2, 0) is 26.4 Å². The number of likely N-dealkylation sites (tertiary alicyclic amines) is 1. The highest BCUT2D eigenvalue weighted by molar-refractivity contribution is 7.91. The van der Waals surface area contributed by atoms with Crippen molar-refractivity contribution in [2.24, 2.45) is 5.92 Å². The van der Waals surface area contributed by atoms with Crippen molar-refractivity contribution in [1.29, 1.82) is 0 Å². The number of rotatable bonds is 6. The van der Waals surface area contributed by atoms with Crippen molar-refractivity contribution < 1.29 is 21.6 Å². The fraction of sp³-hybridized carbons (Fsp3) is 0.435. The fourth-order valence-corrected chi connectivity index (χ4v) is 6.81. The molecule has 0 amide bonds. The van der Waals surface area contributed by atoms with Gasteiger partial charge in [-0.2, -0.15) is 0 Å². The summed E-state index contributed by atoms with van der Waals surface area (Å²) in [5.74, 6) is 0.569. The molecule has 0 unspecified atom stereocenters. The quantitative estimate of drug-likeness (QED) is 0.522. The van der Waals surface area contributed by atoms with Crippen LogP contribution < -0.4 is 4.74 Å². The van der Waals surface area contributed by atoms with Crippen molar-refractivity contribution in [3.05, 3.63) is 47.8 Å². The van der Waals surface area contributed by atoms with Crippen LogP contribution in [0.4, 0.5) is 0 Å². The van der Waals surface area contributed by atoms with Crippen LogP contribution in [-0.4, -0.2) is 57.1 Å². The Morgan fingerprint density at radius 2 is 1.85 bits per heavy atom. The summed E-state index contributed by atoms with van der Waals surface area (Å²) in [5, 5.41) is 0.292. The minimum Gasteiger partial charge on any atom is -0.479 e. The van der Waals surface area contributed by atoms with E-state index in [1.54, 1.807) is 30.3 Å². The molecular formula is C23H29N3O5S2. The second-order valence-electron chi connectivity index (χ2n) is 8.87. The van der Waals surface area contributed by atoms with Crippen LogP contribution in [0.3, 0.4) is 0 Å². The Hall–Kier alpha value is -2.43. The minimum atomic E-state index is -4.05. The molecule has 8 nitrogen and oxygen atoms in total. The Kier molecular flexibility index (Phi) is 6.28. The second-order valence-corrected chi connectivity index (χ2v) is 12.6. The zero-order valence-corrected chi connectivity index (χ0v) is 20.9. The van der Waals surface area contributed by atoms with Gasteiger partial charge in [-0.05, 0) is 50.4 Å². The normalized spacial score (nSPS) is 18.0. The summed E-state index contributed by atoms with van der Waals surface area (Å²) in [6, 6.07) is 8.25. The standard InChI is InChI=1S/C23H29N3O5S2/c1-16-7-9-19(10-8-16)33(29,30)26-18(15-25-11-5-6-17(2)14-25)12-20-21(32(4,27)28)13-24-23(31-3)22(20)26/h7-10,12-13,17H,5-6,11,14-15H2,1-4H3/t17-/m0/s1. The molecule has 2 aromatic heterocycles. The van der Waals surface area contributed by atoms with Crippen LogP contribution in [0.2, 0.25) is 0 Å². The van der Waals surface area contributed by atoms with Gasteiger partial charge in [0, 0.05) is 30.4 Å². The predicted molar refractivity (Wildman–Crippen MR) is 127 cm³/mol. The van der Waals surface area contributed by atoms with Gasteiger partial charge >= 0.3 is 0 Å². The van der Waals surface area contributed by atoms with E-state index in [0.717, 1.165) is 37.8 Å². The van der Waals surface area contributed by atoms with E-state index in [1.165, 1.54) is 17.3 Å². The molecule has 0 radical (unpaired) electrons. The number of ether oxygens (including phenoxy) is 1. The molecule has 10 heteroatoms. The third-order valence-electron chi connectivity index (χ3n) is 6.08. The van der Waals surface area contributed by atoms with Crippen molar-refractivity contribution in [2.45, 2.75) is 43.0 Å². The van der Waals surface area contributed by atoms with E-state index >= 15 is 0 Å². The molecule has 4 rings (SSSR count). The summed E-state index contributed by atoms with van der Waals surface area (Å²) in [6.07, 6.45) is 4.49. The molecule has 1 aliphatic rings. The van der Waals surface area contributed by atoms with Gasteiger partial charge in [0.1, 0.15) is 5.52 Å². The molecule has 1 saturated heterocycles. The molecular weight excluding hydrogens is 462 g/mol. The van der Waals surface area contributed by atoms with Crippen molar-refractivity contribution in [3.63, 3.8) is 0 Å². The number of fused-ring (bicyclic) bond motifs is 1. The summed E-state index contributed by atoms with van der Waals surface area (Å²) in [6.45, 7) is 6.14. The lowest BCUT2D eigenvalue weighted by Gasteiger charge is -2.31. The third kappa shape index (κ3) is 4.51. The number of nitrogens with zero attached hydrogens (tertiary/aromatic N) is 3. The van der Waals surface area contributed by atoms with E-state index in [9.17, 15) is 16.8 Å². The lowest BCUT2D eigenvalue weighted by Crippen LogP contribution is -2.34. The number of benzene rings is 1. The van der Waals surface area contributed by atoms with Crippen LogP contribution in [0.15, 0.2) is 46.3 Å². The molecule has 1 aliphatic heterocycles. The van der Waals surface area contributed by atoms with Crippen molar-refractivity contribution >= 4 is 30.8 Å². The van der Waals surface area contributed by atoms with E-state index < -0.39 is 19.9 Å². The van der Waals surface area contributed by atoms with Gasteiger partial charge in [0.15, 0.2) is 9.84 Å². The molecule has 1 aromatic carbocycles. The molecule has 0 spiro atoms. The van der Waals surface area contributed by atoms with Gasteiger partial charge < -0.3 is 4.74 Å². The van der Waals surface area contributed by atoms with Crippen LogP contribution in [0.1, 0.15) is 31.0 Å². The Balaban J connectivity index is 2.01. The molecule has 3 heterocycles. The first-order valence-corrected chi connectivity index (χ1v) is 14.2. The minimum absolute atomic E-state index is 0.0237. The number of aryl methyl sites for hydroxylation is 1. The summed E-state index contributed by atoms with van der Waals surface area (Å²) in [7, 11) is -6.32. The molecule has 0 aliphatic carbocycles. The van der Waals surface area contributed by atoms with Gasteiger partial charge in [0.05, 0.1) is 23.1 Å². The van der Waals surface area contributed by atoms with E-state index in [2.05, 4.69) is 16.8 Å². The highest BCUT2D eigenvalue weighted by Crippen LogP contribution is 2.35. The molecule has 1 atom stereocenters. The van der Waals surface area contributed by atoms with Gasteiger partial charge in [-0.1, -0.05) is 24.6 Å². The predicted octanol–water partition coefficient (Wildman–Crippen LogP) is 3.23. The first-order chi connectivity index (χ1) is 15.5. The molecule has 0 bridgehead atoms. The maximum atomic E-state index is 13.9. The van der Waals surface area contributed by atoms with Gasteiger partial charge in [0.2, 0.25) is 5.88 Å². The van der Waals surface area contributed by atoms with Crippen molar-refractivity contribution in [3.8, 4) is 5.88 Å². The van der Waals surface area contributed by atoms with Gasteiger partial charge in [-0.15, -0.1) is 0 Å². The lowest BCUT2D eigenvalue weighted by molar-refractivity contribution is 0.174. The average Bonchev–Trinajstić information content (AvgIpc) is 3.12. The molecule has 0 saturated carbocycles. The van der Waals surface area contributed by atoms with Crippen LogP contribution in [0, 0.1) is 12.8 Å². The van der Waals surface area contributed by atoms with Gasteiger partial charge in [-0.3, -0.25) is 4.90 Å². The maximum Gasteiger partial charge on any atom is 0.268 e. The molecule has 3 aromatic rings. The summed E-state index contributed by atoms with van der Waals surface area (Å²) >= 11 is 0. The SMILES string of the molecule is COc1ncc(S(C)(=O)=O)c2cc(CN3CCC[C@H](C)C3)n(S(=O)(=O)c3ccc(C)cc3)c12. The zero-order chi connectivity index (χ0) is 24.0. The highest BCUT2D eigenvalue weighted by Gasteiger charge is 2.30. The maximum absolute atomic E-state index is 13.9.